The Morgan fingerprint density at radius 3 is 2.71 bits per heavy atom. The molecule has 14 heavy (non-hydrogen) atoms. The van der Waals surface area contributed by atoms with Crippen LogP contribution in [0.25, 0.3) is 0 Å². The van der Waals surface area contributed by atoms with Crippen LogP contribution >= 0.6 is 22.3 Å². The normalized spacial score (nSPS) is 11.9. The molecule has 7 heteroatoms. The highest BCUT2D eigenvalue weighted by molar-refractivity contribution is 8.13. The van der Waals surface area contributed by atoms with Crippen LogP contribution in [0.4, 0.5) is 0 Å². The van der Waals surface area contributed by atoms with Crippen LogP contribution in [0.1, 0.15) is 12.6 Å². The van der Waals surface area contributed by atoms with Crippen LogP contribution in [0, 0.1) is 0 Å². The molecule has 0 saturated heterocycles. The van der Waals surface area contributed by atoms with Gasteiger partial charge in [0.05, 0.1) is 17.8 Å². The lowest BCUT2D eigenvalue weighted by atomic mass is 10.3. The Balaban J connectivity index is 2.80. The van der Waals surface area contributed by atoms with Crippen molar-refractivity contribution in [2.45, 2.75) is 19.9 Å². The molecule has 0 radical (unpaired) electrons. The van der Waals surface area contributed by atoms with Crippen molar-refractivity contribution in [3.8, 4) is 0 Å². The van der Waals surface area contributed by atoms with Crippen molar-refractivity contribution in [1.82, 2.24) is 9.55 Å². The Bertz CT molecular complexity index is 413. The summed E-state index contributed by atoms with van der Waals surface area (Å²) in [6.45, 7) is 2.63. The van der Waals surface area contributed by atoms with Gasteiger partial charge in [-0.15, -0.1) is 0 Å². The molecule has 4 nitrogen and oxygen atoms in total. The van der Waals surface area contributed by atoms with Gasteiger partial charge in [-0.1, -0.05) is 11.6 Å². The number of imidazole rings is 1. The Morgan fingerprint density at radius 2 is 2.21 bits per heavy atom. The zero-order valence-corrected chi connectivity index (χ0v) is 9.90. The van der Waals surface area contributed by atoms with Gasteiger partial charge in [-0.3, -0.25) is 0 Å². The second kappa shape index (κ2) is 4.51. The monoisotopic (exact) mass is 256 g/mol. The van der Waals surface area contributed by atoms with Crippen LogP contribution in [0.2, 0.25) is 5.15 Å². The second-order valence-corrected chi connectivity index (χ2v) is 6.02. The number of aryl methyl sites for hydroxylation is 1. The van der Waals surface area contributed by atoms with Crippen molar-refractivity contribution in [2.75, 3.05) is 5.75 Å². The van der Waals surface area contributed by atoms with Crippen molar-refractivity contribution >= 4 is 31.3 Å². The Hall–Kier alpha value is -0.260. The number of nitrogens with zero attached hydrogens (tertiary/aromatic N) is 2. The molecule has 0 saturated carbocycles. The van der Waals surface area contributed by atoms with Gasteiger partial charge < -0.3 is 4.57 Å². The first-order valence-electron chi connectivity index (χ1n) is 4.06. The van der Waals surface area contributed by atoms with Gasteiger partial charge in [0.1, 0.15) is 5.15 Å². The summed E-state index contributed by atoms with van der Waals surface area (Å²) in [4.78, 5) is 3.88. The quantitative estimate of drug-likeness (QED) is 0.771. The summed E-state index contributed by atoms with van der Waals surface area (Å²) < 4.78 is 23.3. The van der Waals surface area contributed by atoms with Gasteiger partial charge in [-0.2, -0.15) is 0 Å². The molecule has 0 N–H and O–H groups in total. The Morgan fingerprint density at radius 1 is 1.57 bits per heavy atom. The number of hydrogen-bond acceptors (Lipinski definition) is 3. The molecule has 0 bridgehead atoms. The summed E-state index contributed by atoms with van der Waals surface area (Å²) >= 11 is 5.78. The van der Waals surface area contributed by atoms with Crippen molar-refractivity contribution in [3.63, 3.8) is 0 Å². The van der Waals surface area contributed by atoms with E-state index in [1.807, 2.05) is 6.92 Å². The van der Waals surface area contributed by atoms with Gasteiger partial charge in [-0.25, -0.2) is 13.4 Å². The summed E-state index contributed by atoms with van der Waals surface area (Å²) in [7, 11) is 1.63. The van der Waals surface area contributed by atoms with Gasteiger partial charge in [0.15, 0.2) is 0 Å². The first kappa shape index (κ1) is 11.8. The topological polar surface area (TPSA) is 52.0 Å². The zero-order valence-electron chi connectivity index (χ0n) is 7.57. The molecule has 0 aliphatic carbocycles. The number of rotatable bonds is 4. The molecule has 0 spiro atoms. The molecule has 1 aromatic rings. The van der Waals surface area contributed by atoms with Gasteiger partial charge >= 0.3 is 0 Å². The van der Waals surface area contributed by atoms with Crippen molar-refractivity contribution in [3.05, 3.63) is 17.2 Å². The van der Waals surface area contributed by atoms with E-state index >= 15 is 0 Å². The van der Waals surface area contributed by atoms with E-state index in [0.29, 0.717) is 23.8 Å². The molecule has 0 aliphatic rings. The lowest BCUT2D eigenvalue weighted by Crippen LogP contribution is -2.06. The lowest BCUT2D eigenvalue weighted by Gasteiger charge is -2.03. The third kappa shape index (κ3) is 3.15. The van der Waals surface area contributed by atoms with Crippen LogP contribution in [-0.4, -0.2) is 23.7 Å². The van der Waals surface area contributed by atoms with E-state index in [0.717, 1.165) is 0 Å². The van der Waals surface area contributed by atoms with Gasteiger partial charge in [0.25, 0.3) is 0 Å². The predicted octanol–water partition coefficient (Wildman–Crippen LogP) is 1.67. The molecule has 0 unspecified atom stereocenters. The third-order valence-electron chi connectivity index (χ3n) is 1.82. The van der Waals surface area contributed by atoms with Crippen LogP contribution in [0.3, 0.4) is 0 Å². The summed E-state index contributed by atoms with van der Waals surface area (Å²) in [5, 5.41) is 0.340. The molecule has 0 aliphatic heterocycles. The van der Waals surface area contributed by atoms with Crippen LogP contribution in [0.5, 0.6) is 0 Å². The molecule has 1 heterocycles. The average molecular weight is 257 g/mol. The minimum atomic E-state index is -3.47. The molecule has 0 atom stereocenters. The number of aromatic nitrogens is 2. The van der Waals surface area contributed by atoms with Crippen LogP contribution in [0.15, 0.2) is 6.33 Å². The van der Waals surface area contributed by atoms with Crippen LogP contribution in [-0.2, 0) is 22.0 Å². The predicted molar refractivity (Wildman–Crippen MR) is 56.3 cm³/mol. The fourth-order valence-corrected chi connectivity index (χ4v) is 2.04. The minimum absolute atomic E-state index is 0.125. The summed E-state index contributed by atoms with van der Waals surface area (Å²) in [5.41, 5.74) is 0.707. The van der Waals surface area contributed by atoms with E-state index in [-0.39, 0.29) is 5.75 Å². The fraction of sp³-hybridized carbons (Fsp3) is 0.571. The highest BCUT2D eigenvalue weighted by atomic mass is 35.7. The largest absolute Gasteiger partial charge is 0.333 e. The molecule has 1 aromatic heterocycles. The molecule has 0 amide bonds. The molecule has 1 rings (SSSR count). The van der Waals surface area contributed by atoms with E-state index in [2.05, 4.69) is 4.98 Å². The smallest absolute Gasteiger partial charge is 0.232 e. The molecular formula is C7H10Cl2N2O2S. The van der Waals surface area contributed by atoms with Gasteiger partial charge in [-0.05, 0) is 6.92 Å². The molecular weight excluding hydrogens is 247 g/mol. The lowest BCUT2D eigenvalue weighted by molar-refractivity contribution is 0.607. The maximum Gasteiger partial charge on any atom is 0.232 e. The van der Waals surface area contributed by atoms with E-state index in [1.165, 1.54) is 0 Å². The minimum Gasteiger partial charge on any atom is -0.333 e. The van der Waals surface area contributed by atoms with Crippen molar-refractivity contribution < 1.29 is 8.42 Å². The van der Waals surface area contributed by atoms with Crippen molar-refractivity contribution in [1.29, 1.82) is 0 Å². The van der Waals surface area contributed by atoms with E-state index in [9.17, 15) is 8.42 Å². The highest BCUT2D eigenvalue weighted by Crippen LogP contribution is 2.15. The fourth-order valence-electron chi connectivity index (χ4n) is 1.12. The highest BCUT2D eigenvalue weighted by Gasteiger charge is 2.12. The van der Waals surface area contributed by atoms with Crippen LogP contribution < -0.4 is 0 Å². The zero-order chi connectivity index (χ0) is 10.8. The number of hydrogen-bond donors (Lipinski definition) is 0. The first-order valence-corrected chi connectivity index (χ1v) is 6.91. The second-order valence-electron chi connectivity index (χ2n) is 2.76. The Kier molecular flexibility index (Phi) is 3.80. The van der Waals surface area contributed by atoms with Gasteiger partial charge in [0.2, 0.25) is 9.05 Å². The molecule has 80 valence electrons. The SMILES string of the molecule is CCn1cnc(Cl)c1CCS(=O)(=O)Cl. The first-order chi connectivity index (χ1) is 6.44. The summed E-state index contributed by atoms with van der Waals surface area (Å²) in [6.07, 6.45) is 1.87. The van der Waals surface area contributed by atoms with E-state index in [4.69, 9.17) is 22.3 Å². The average Bonchev–Trinajstić information content (AvgIpc) is 2.41. The maximum atomic E-state index is 10.7. The number of halogens is 2. The summed E-state index contributed by atoms with van der Waals surface area (Å²) in [5.74, 6) is -0.125. The van der Waals surface area contributed by atoms with E-state index < -0.39 is 9.05 Å². The van der Waals surface area contributed by atoms with Gasteiger partial charge in [0, 0.05) is 23.6 Å². The van der Waals surface area contributed by atoms with E-state index in [1.54, 1.807) is 10.9 Å². The maximum absolute atomic E-state index is 10.7. The molecule has 0 aromatic carbocycles. The summed E-state index contributed by atoms with van der Waals surface area (Å²) in [6, 6.07) is 0. The van der Waals surface area contributed by atoms with Crippen molar-refractivity contribution in [2.24, 2.45) is 0 Å². The third-order valence-corrected chi connectivity index (χ3v) is 3.29. The molecule has 0 fully saturated rings. The Labute approximate surface area is 92.3 Å². The standard InChI is InChI=1S/C7H10Cl2N2O2S/c1-2-11-5-10-7(8)6(11)3-4-14(9,12)13/h5H,2-4H2,1H3.